The minimum absolute atomic E-state index is 0.0252. The molecule has 0 bridgehead atoms. The minimum atomic E-state index is -0.425. The number of aromatic nitrogens is 1. The molecular formula is C19H23N3O2S. The average Bonchev–Trinajstić information content (AvgIpc) is 3.22. The molecule has 0 aliphatic carbocycles. The van der Waals surface area contributed by atoms with Crippen molar-refractivity contribution in [2.45, 2.75) is 32.9 Å². The Bertz CT molecular complexity index is 753. The number of anilines is 1. The monoisotopic (exact) mass is 357 g/mol. The van der Waals surface area contributed by atoms with Crippen LogP contribution in [0.25, 0.3) is 0 Å². The van der Waals surface area contributed by atoms with Crippen LogP contribution in [0.2, 0.25) is 0 Å². The number of ether oxygens (including phenoxy) is 1. The maximum absolute atomic E-state index is 12.5. The number of carbonyl (C=O) groups is 1. The van der Waals surface area contributed by atoms with Gasteiger partial charge in [0.2, 0.25) is 5.91 Å². The van der Waals surface area contributed by atoms with E-state index in [1.54, 1.807) is 11.3 Å². The quantitative estimate of drug-likeness (QED) is 0.914. The summed E-state index contributed by atoms with van der Waals surface area (Å²) in [5.74, 6) is 0.0252. The third-order valence-electron chi connectivity index (χ3n) is 5.05. The van der Waals surface area contributed by atoms with Gasteiger partial charge in [-0.1, -0.05) is 30.3 Å². The lowest BCUT2D eigenvalue weighted by molar-refractivity contribution is -0.124. The standard InChI is InChI=1S/C19H23N3O2S/c1-19(8-10-24-13-19)17(23)21-18-20-15-7-9-22(12-16(15)25-18)11-14-5-3-2-4-6-14/h2-6H,7-13H2,1H3,(H,20,21,23). The summed E-state index contributed by atoms with van der Waals surface area (Å²) < 4.78 is 5.39. The van der Waals surface area contributed by atoms with E-state index in [1.807, 2.05) is 13.0 Å². The molecule has 5 nitrogen and oxygen atoms in total. The first-order valence-corrected chi connectivity index (χ1v) is 9.58. The van der Waals surface area contributed by atoms with Gasteiger partial charge in [0.15, 0.2) is 5.13 Å². The molecule has 1 aromatic heterocycles. The minimum Gasteiger partial charge on any atom is -0.380 e. The van der Waals surface area contributed by atoms with Crippen molar-refractivity contribution in [2.75, 3.05) is 25.1 Å². The average molecular weight is 357 g/mol. The van der Waals surface area contributed by atoms with E-state index in [9.17, 15) is 4.79 Å². The molecule has 1 fully saturated rings. The van der Waals surface area contributed by atoms with Gasteiger partial charge in [-0.2, -0.15) is 0 Å². The third kappa shape index (κ3) is 3.61. The number of nitrogens with zero attached hydrogens (tertiary/aromatic N) is 2. The Morgan fingerprint density at radius 1 is 1.40 bits per heavy atom. The molecule has 1 amide bonds. The van der Waals surface area contributed by atoms with E-state index >= 15 is 0 Å². The number of fused-ring (bicyclic) bond motifs is 1. The first-order chi connectivity index (χ1) is 12.1. The Hall–Kier alpha value is -1.76. The zero-order valence-corrected chi connectivity index (χ0v) is 15.3. The van der Waals surface area contributed by atoms with E-state index in [4.69, 9.17) is 4.74 Å². The summed E-state index contributed by atoms with van der Waals surface area (Å²) in [6.07, 6.45) is 1.71. The van der Waals surface area contributed by atoms with Crippen molar-refractivity contribution in [3.05, 3.63) is 46.5 Å². The lowest BCUT2D eigenvalue weighted by Gasteiger charge is -2.25. The maximum Gasteiger partial charge on any atom is 0.234 e. The van der Waals surface area contributed by atoms with Crippen molar-refractivity contribution in [1.82, 2.24) is 9.88 Å². The molecule has 0 saturated carbocycles. The van der Waals surface area contributed by atoms with Gasteiger partial charge in [0.1, 0.15) is 0 Å². The summed E-state index contributed by atoms with van der Waals surface area (Å²) in [4.78, 5) is 20.9. The van der Waals surface area contributed by atoms with Crippen LogP contribution in [0.15, 0.2) is 30.3 Å². The molecule has 2 aliphatic heterocycles. The van der Waals surface area contributed by atoms with Crippen LogP contribution in [0.1, 0.15) is 29.5 Å². The fourth-order valence-corrected chi connectivity index (χ4v) is 4.42. The Morgan fingerprint density at radius 2 is 2.24 bits per heavy atom. The topological polar surface area (TPSA) is 54.5 Å². The number of carbonyl (C=O) groups excluding carboxylic acids is 1. The number of benzene rings is 1. The highest BCUT2D eigenvalue weighted by atomic mass is 32.1. The van der Waals surface area contributed by atoms with Crippen molar-refractivity contribution >= 4 is 22.4 Å². The zero-order chi connectivity index (χ0) is 17.3. The molecule has 1 atom stereocenters. The molecule has 1 saturated heterocycles. The summed E-state index contributed by atoms with van der Waals surface area (Å²) in [5.41, 5.74) is 2.04. The van der Waals surface area contributed by atoms with E-state index < -0.39 is 5.41 Å². The van der Waals surface area contributed by atoms with Crippen LogP contribution in [-0.2, 0) is 29.0 Å². The summed E-state index contributed by atoms with van der Waals surface area (Å²) in [6, 6.07) is 10.5. The Morgan fingerprint density at radius 3 is 3.00 bits per heavy atom. The van der Waals surface area contributed by atoms with Crippen molar-refractivity contribution in [1.29, 1.82) is 0 Å². The molecule has 1 unspecified atom stereocenters. The van der Waals surface area contributed by atoms with Gasteiger partial charge in [0.25, 0.3) is 0 Å². The van der Waals surface area contributed by atoms with Crippen molar-refractivity contribution in [3.63, 3.8) is 0 Å². The number of amides is 1. The number of rotatable bonds is 4. The van der Waals surface area contributed by atoms with Crippen LogP contribution in [0.4, 0.5) is 5.13 Å². The third-order valence-corrected chi connectivity index (χ3v) is 6.04. The van der Waals surface area contributed by atoms with Crippen molar-refractivity contribution in [2.24, 2.45) is 5.41 Å². The van der Waals surface area contributed by atoms with Crippen LogP contribution in [0.3, 0.4) is 0 Å². The second-order valence-electron chi connectivity index (χ2n) is 7.15. The first kappa shape index (κ1) is 16.7. The molecule has 6 heteroatoms. The van der Waals surface area contributed by atoms with E-state index in [0.29, 0.717) is 13.2 Å². The number of hydrogen-bond donors (Lipinski definition) is 1. The first-order valence-electron chi connectivity index (χ1n) is 8.76. The largest absolute Gasteiger partial charge is 0.380 e. The smallest absolute Gasteiger partial charge is 0.234 e. The summed E-state index contributed by atoms with van der Waals surface area (Å²) in [6.45, 7) is 5.98. The Kier molecular flexibility index (Phi) is 4.58. The Balaban J connectivity index is 1.41. The van der Waals surface area contributed by atoms with Crippen molar-refractivity contribution in [3.8, 4) is 0 Å². The van der Waals surface area contributed by atoms with Crippen LogP contribution < -0.4 is 5.32 Å². The van der Waals surface area contributed by atoms with E-state index in [2.05, 4.69) is 39.5 Å². The zero-order valence-electron chi connectivity index (χ0n) is 14.5. The molecule has 2 aliphatic rings. The molecule has 4 rings (SSSR count). The molecule has 25 heavy (non-hydrogen) atoms. The molecule has 0 radical (unpaired) electrons. The van der Waals surface area contributed by atoms with Gasteiger partial charge in [0, 0.05) is 37.5 Å². The number of thiazole rings is 1. The fraction of sp³-hybridized carbons (Fsp3) is 0.474. The highest BCUT2D eigenvalue weighted by Gasteiger charge is 2.38. The number of nitrogens with one attached hydrogen (secondary N) is 1. The second kappa shape index (κ2) is 6.86. The second-order valence-corrected chi connectivity index (χ2v) is 8.24. The van der Waals surface area contributed by atoms with Gasteiger partial charge in [-0.15, -0.1) is 11.3 Å². The van der Waals surface area contributed by atoms with Gasteiger partial charge in [-0.05, 0) is 18.9 Å². The summed E-state index contributed by atoms with van der Waals surface area (Å²) in [5, 5.41) is 3.74. The van der Waals surface area contributed by atoms with Gasteiger partial charge >= 0.3 is 0 Å². The molecular weight excluding hydrogens is 334 g/mol. The molecule has 3 heterocycles. The molecule has 1 N–H and O–H groups in total. The summed E-state index contributed by atoms with van der Waals surface area (Å²) in [7, 11) is 0. The van der Waals surface area contributed by atoms with Crippen LogP contribution in [0, 0.1) is 5.41 Å². The van der Waals surface area contributed by atoms with E-state index in [-0.39, 0.29) is 5.91 Å². The Labute approximate surface area is 152 Å². The highest BCUT2D eigenvalue weighted by molar-refractivity contribution is 7.15. The van der Waals surface area contributed by atoms with Crippen LogP contribution in [0.5, 0.6) is 0 Å². The predicted octanol–water partition coefficient (Wildman–Crippen LogP) is 3.07. The van der Waals surface area contributed by atoms with Crippen LogP contribution >= 0.6 is 11.3 Å². The highest BCUT2D eigenvalue weighted by Crippen LogP contribution is 2.32. The predicted molar refractivity (Wildman–Crippen MR) is 98.5 cm³/mol. The lowest BCUT2D eigenvalue weighted by atomic mass is 9.89. The molecule has 2 aromatic rings. The maximum atomic E-state index is 12.5. The van der Waals surface area contributed by atoms with Gasteiger partial charge in [0.05, 0.1) is 17.7 Å². The van der Waals surface area contributed by atoms with Crippen molar-refractivity contribution < 1.29 is 9.53 Å². The molecule has 132 valence electrons. The number of hydrogen-bond acceptors (Lipinski definition) is 5. The molecule has 1 aromatic carbocycles. The fourth-order valence-electron chi connectivity index (χ4n) is 3.37. The van der Waals surface area contributed by atoms with Gasteiger partial charge in [-0.25, -0.2) is 4.98 Å². The van der Waals surface area contributed by atoms with Gasteiger partial charge < -0.3 is 10.1 Å². The lowest BCUT2D eigenvalue weighted by Crippen LogP contribution is -2.33. The normalized spacial score (nSPS) is 23.4. The van der Waals surface area contributed by atoms with Crippen LogP contribution in [-0.4, -0.2) is 35.5 Å². The summed E-state index contributed by atoms with van der Waals surface area (Å²) >= 11 is 1.61. The van der Waals surface area contributed by atoms with E-state index in [1.165, 1.54) is 10.4 Å². The van der Waals surface area contributed by atoms with E-state index in [0.717, 1.165) is 43.3 Å². The molecule has 0 spiro atoms. The van der Waals surface area contributed by atoms with Gasteiger partial charge in [-0.3, -0.25) is 9.69 Å². The SMILES string of the molecule is CC1(C(=O)Nc2nc3c(s2)CN(Cc2ccccc2)CC3)CCOC1.